The van der Waals surface area contributed by atoms with Crippen molar-refractivity contribution in [3.63, 3.8) is 0 Å². The largest absolute Gasteiger partial charge is 0.345 e. The SMILES string of the molecule is CCCN1CCc2nnc(CNC(=O)c3ccncc3)n2CC1. The Morgan fingerprint density at radius 1 is 1.22 bits per heavy atom. The first kappa shape index (κ1) is 15.6. The smallest absolute Gasteiger partial charge is 0.251 e. The van der Waals surface area contributed by atoms with Gasteiger partial charge in [-0.25, -0.2) is 0 Å². The van der Waals surface area contributed by atoms with Gasteiger partial charge in [0.15, 0.2) is 5.82 Å². The minimum absolute atomic E-state index is 0.119. The van der Waals surface area contributed by atoms with Crippen LogP contribution in [0.15, 0.2) is 24.5 Å². The van der Waals surface area contributed by atoms with Gasteiger partial charge in [0.25, 0.3) is 5.91 Å². The number of carbonyl (C=O) groups excluding carboxylic acids is 1. The summed E-state index contributed by atoms with van der Waals surface area (Å²) in [6.07, 6.45) is 5.29. The molecule has 23 heavy (non-hydrogen) atoms. The molecule has 3 heterocycles. The Bertz CT molecular complexity index is 654. The Morgan fingerprint density at radius 3 is 2.83 bits per heavy atom. The molecule has 0 unspecified atom stereocenters. The van der Waals surface area contributed by atoms with Crippen LogP contribution in [-0.2, 0) is 19.5 Å². The Labute approximate surface area is 135 Å². The molecule has 2 aromatic rings. The third-order valence-electron chi connectivity index (χ3n) is 4.08. The summed E-state index contributed by atoms with van der Waals surface area (Å²) in [6, 6.07) is 3.39. The summed E-state index contributed by atoms with van der Waals surface area (Å²) in [6.45, 7) is 6.61. The molecule has 7 heteroatoms. The van der Waals surface area contributed by atoms with Crippen molar-refractivity contribution in [3.8, 4) is 0 Å². The van der Waals surface area contributed by atoms with Gasteiger partial charge in [0.1, 0.15) is 5.82 Å². The maximum Gasteiger partial charge on any atom is 0.251 e. The van der Waals surface area contributed by atoms with Gasteiger partial charge in [0.05, 0.1) is 6.54 Å². The van der Waals surface area contributed by atoms with Gasteiger partial charge in [-0.05, 0) is 25.1 Å². The number of aromatic nitrogens is 4. The zero-order valence-electron chi connectivity index (χ0n) is 13.4. The lowest BCUT2D eigenvalue weighted by Gasteiger charge is -2.18. The average molecular weight is 314 g/mol. The summed E-state index contributed by atoms with van der Waals surface area (Å²) in [5.74, 6) is 1.71. The number of hydrogen-bond donors (Lipinski definition) is 1. The van der Waals surface area contributed by atoms with Gasteiger partial charge in [0, 0.05) is 44.0 Å². The number of carbonyl (C=O) groups is 1. The van der Waals surface area contributed by atoms with E-state index in [1.54, 1.807) is 24.5 Å². The maximum absolute atomic E-state index is 12.1. The highest BCUT2D eigenvalue weighted by Crippen LogP contribution is 2.10. The van der Waals surface area contributed by atoms with E-state index in [9.17, 15) is 4.79 Å². The van der Waals surface area contributed by atoms with E-state index in [4.69, 9.17) is 0 Å². The number of amides is 1. The number of pyridine rings is 1. The van der Waals surface area contributed by atoms with Gasteiger partial charge >= 0.3 is 0 Å². The zero-order chi connectivity index (χ0) is 16.1. The van der Waals surface area contributed by atoms with Crippen LogP contribution >= 0.6 is 0 Å². The van der Waals surface area contributed by atoms with Crippen molar-refractivity contribution >= 4 is 5.91 Å². The van der Waals surface area contributed by atoms with Gasteiger partial charge in [-0.3, -0.25) is 9.78 Å². The first-order chi connectivity index (χ1) is 11.3. The molecule has 1 amide bonds. The van der Waals surface area contributed by atoms with Crippen molar-refractivity contribution in [2.24, 2.45) is 0 Å². The molecule has 0 saturated carbocycles. The third kappa shape index (κ3) is 3.73. The van der Waals surface area contributed by atoms with Crippen LogP contribution < -0.4 is 5.32 Å². The Balaban J connectivity index is 1.62. The molecule has 3 rings (SSSR count). The fraction of sp³-hybridized carbons (Fsp3) is 0.500. The quantitative estimate of drug-likeness (QED) is 0.886. The lowest BCUT2D eigenvalue weighted by Crippen LogP contribution is -2.28. The second-order valence-electron chi connectivity index (χ2n) is 5.69. The van der Waals surface area contributed by atoms with Crippen LogP contribution in [0, 0.1) is 0 Å². The second-order valence-corrected chi connectivity index (χ2v) is 5.69. The average Bonchev–Trinajstić information content (AvgIpc) is 2.86. The Kier molecular flexibility index (Phi) is 4.97. The number of nitrogens with one attached hydrogen (secondary N) is 1. The first-order valence-corrected chi connectivity index (χ1v) is 8.09. The van der Waals surface area contributed by atoms with Crippen molar-refractivity contribution in [1.82, 2.24) is 30.0 Å². The van der Waals surface area contributed by atoms with Crippen LogP contribution in [0.4, 0.5) is 0 Å². The number of hydrogen-bond acceptors (Lipinski definition) is 5. The number of rotatable bonds is 5. The van der Waals surface area contributed by atoms with Crippen molar-refractivity contribution in [2.45, 2.75) is 32.9 Å². The predicted molar refractivity (Wildman–Crippen MR) is 85.9 cm³/mol. The van der Waals surface area contributed by atoms with Gasteiger partial charge in [0.2, 0.25) is 0 Å². The number of nitrogens with zero attached hydrogens (tertiary/aromatic N) is 5. The molecule has 0 radical (unpaired) electrons. The van der Waals surface area contributed by atoms with Crippen molar-refractivity contribution in [1.29, 1.82) is 0 Å². The molecule has 1 N–H and O–H groups in total. The van der Waals surface area contributed by atoms with E-state index in [2.05, 4.69) is 36.9 Å². The molecular formula is C16H22N6O. The van der Waals surface area contributed by atoms with Crippen LogP contribution in [-0.4, -0.2) is 50.2 Å². The molecule has 0 atom stereocenters. The molecule has 0 aromatic carbocycles. The molecule has 0 fully saturated rings. The summed E-state index contributed by atoms with van der Waals surface area (Å²) in [5, 5.41) is 11.4. The van der Waals surface area contributed by atoms with Crippen molar-refractivity contribution < 1.29 is 4.79 Å². The predicted octanol–water partition coefficient (Wildman–Crippen LogP) is 0.871. The summed E-state index contributed by atoms with van der Waals surface area (Å²) in [5.41, 5.74) is 0.602. The summed E-state index contributed by atoms with van der Waals surface area (Å²) < 4.78 is 2.14. The summed E-state index contributed by atoms with van der Waals surface area (Å²) in [7, 11) is 0. The lowest BCUT2D eigenvalue weighted by atomic mass is 10.2. The fourth-order valence-electron chi connectivity index (χ4n) is 2.86. The first-order valence-electron chi connectivity index (χ1n) is 8.09. The normalized spacial score (nSPS) is 15.0. The highest BCUT2D eigenvalue weighted by Gasteiger charge is 2.18. The van der Waals surface area contributed by atoms with E-state index in [1.807, 2.05) is 0 Å². The highest BCUT2D eigenvalue weighted by atomic mass is 16.1. The van der Waals surface area contributed by atoms with Crippen LogP contribution in [0.5, 0.6) is 0 Å². The van der Waals surface area contributed by atoms with E-state index < -0.39 is 0 Å². The van der Waals surface area contributed by atoms with E-state index in [-0.39, 0.29) is 5.91 Å². The van der Waals surface area contributed by atoms with Crippen LogP contribution in [0.2, 0.25) is 0 Å². The van der Waals surface area contributed by atoms with E-state index in [0.717, 1.165) is 50.7 Å². The molecule has 1 aliphatic heterocycles. The lowest BCUT2D eigenvalue weighted by molar-refractivity contribution is 0.0949. The van der Waals surface area contributed by atoms with Gasteiger partial charge < -0.3 is 14.8 Å². The standard InChI is InChI=1S/C16H22N6O/c1-2-8-21-9-5-14-19-20-15(22(14)11-10-21)12-18-16(23)13-3-6-17-7-4-13/h3-4,6-7H,2,5,8-12H2,1H3,(H,18,23). The highest BCUT2D eigenvalue weighted by molar-refractivity contribution is 5.93. The molecule has 0 aliphatic carbocycles. The van der Waals surface area contributed by atoms with Crippen molar-refractivity contribution in [3.05, 3.63) is 41.7 Å². The third-order valence-corrected chi connectivity index (χ3v) is 4.08. The monoisotopic (exact) mass is 314 g/mol. The molecule has 7 nitrogen and oxygen atoms in total. The molecule has 122 valence electrons. The maximum atomic E-state index is 12.1. The Hall–Kier alpha value is -2.28. The van der Waals surface area contributed by atoms with Crippen LogP contribution in [0.25, 0.3) is 0 Å². The fourth-order valence-corrected chi connectivity index (χ4v) is 2.86. The second kappa shape index (κ2) is 7.32. The van der Waals surface area contributed by atoms with Gasteiger partial charge in [-0.15, -0.1) is 10.2 Å². The molecule has 0 spiro atoms. The minimum Gasteiger partial charge on any atom is -0.345 e. The van der Waals surface area contributed by atoms with Crippen molar-refractivity contribution in [2.75, 3.05) is 19.6 Å². The van der Waals surface area contributed by atoms with Crippen LogP contribution in [0.3, 0.4) is 0 Å². The minimum atomic E-state index is -0.119. The Morgan fingerprint density at radius 2 is 2.04 bits per heavy atom. The zero-order valence-corrected chi connectivity index (χ0v) is 13.4. The van der Waals surface area contributed by atoms with E-state index in [0.29, 0.717) is 12.1 Å². The van der Waals surface area contributed by atoms with E-state index >= 15 is 0 Å². The molecule has 1 aliphatic rings. The van der Waals surface area contributed by atoms with E-state index in [1.165, 1.54) is 0 Å². The molecule has 0 bridgehead atoms. The number of fused-ring (bicyclic) bond motifs is 1. The summed E-state index contributed by atoms with van der Waals surface area (Å²) >= 11 is 0. The topological polar surface area (TPSA) is 75.9 Å². The molecule has 2 aromatic heterocycles. The van der Waals surface area contributed by atoms with Crippen LogP contribution in [0.1, 0.15) is 35.4 Å². The van der Waals surface area contributed by atoms with Gasteiger partial charge in [-0.2, -0.15) is 0 Å². The molecule has 0 saturated heterocycles. The molecular weight excluding hydrogens is 292 g/mol. The van der Waals surface area contributed by atoms with Gasteiger partial charge in [-0.1, -0.05) is 6.92 Å². The summed E-state index contributed by atoms with van der Waals surface area (Å²) in [4.78, 5) is 18.5.